The van der Waals surface area contributed by atoms with Crippen molar-refractivity contribution in [2.45, 2.75) is 31.4 Å². The molecule has 1 atom stereocenters. The van der Waals surface area contributed by atoms with Crippen LogP contribution in [-0.2, 0) is 30.5 Å². The van der Waals surface area contributed by atoms with Gasteiger partial charge in [-0.1, -0.05) is 103 Å². The molecule has 11 nitrogen and oxygen atoms in total. The SMILES string of the molecule is Cn1c(=O)c2ccc(-c3cnc(N4CCN5C(=O)NC[C@H]5C4)nc3)cc2n1Cc1cc(COC(c2ccccc2)(c2ccccc2)c2ccccc2)ccc1OC(F)F. The lowest BCUT2D eigenvalue weighted by atomic mass is 9.80. The van der Waals surface area contributed by atoms with Gasteiger partial charge in [-0.05, 0) is 52.1 Å². The lowest BCUT2D eigenvalue weighted by molar-refractivity contribution is -0.0505. The van der Waals surface area contributed by atoms with Gasteiger partial charge in [0.15, 0.2) is 0 Å². The van der Waals surface area contributed by atoms with E-state index in [1.165, 1.54) is 10.7 Å². The van der Waals surface area contributed by atoms with Crippen molar-refractivity contribution in [2.75, 3.05) is 31.1 Å². The minimum absolute atomic E-state index is 0.00258. The molecule has 0 spiro atoms. The Morgan fingerprint density at radius 2 is 1.44 bits per heavy atom. The molecule has 13 heteroatoms. The molecule has 4 heterocycles. The highest BCUT2D eigenvalue weighted by Crippen LogP contribution is 2.41. The maximum Gasteiger partial charge on any atom is 0.387 e. The van der Waals surface area contributed by atoms with E-state index >= 15 is 0 Å². The van der Waals surface area contributed by atoms with E-state index in [2.05, 4.69) is 20.2 Å². The number of carbonyl (C=O) groups is 1. The zero-order chi connectivity index (χ0) is 40.5. The minimum Gasteiger partial charge on any atom is -0.434 e. The Morgan fingerprint density at radius 3 is 2.07 bits per heavy atom. The maximum absolute atomic E-state index is 13.9. The first-order valence-electron chi connectivity index (χ1n) is 19.5. The number of hydrogen-bond donors (Lipinski definition) is 1. The second-order valence-corrected chi connectivity index (χ2v) is 14.8. The normalized spacial score (nSPS) is 15.5. The zero-order valence-corrected chi connectivity index (χ0v) is 32.2. The number of aromatic nitrogens is 4. The summed E-state index contributed by atoms with van der Waals surface area (Å²) in [6.45, 7) is -0.424. The van der Waals surface area contributed by atoms with Crippen molar-refractivity contribution >= 4 is 22.9 Å². The average molecular weight is 794 g/mol. The van der Waals surface area contributed by atoms with Gasteiger partial charge in [0, 0.05) is 56.7 Å². The molecule has 1 N–H and O–H groups in total. The molecule has 2 aliphatic heterocycles. The first kappa shape index (κ1) is 37.7. The molecule has 7 aromatic rings. The second-order valence-electron chi connectivity index (χ2n) is 14.8. The van der Waals surface area contributed by atoms with E-state index in [0.717, 1.165) is 33.4 Å². The number of hydrogen-bond acceptors (Lipinski definition) is 7. The highest BCUT2D eigenvalue weighted by Gasteiger charge is 2.38. The van der Waals surface area contributed by atoms with Crippen molar-refractivity contribution in [3.05, 3.63) is 178 Å². The van der Waals surface area contributed by atoms with E-state index in [-0.39, 0.29) is 36.5 Å². The maximum atomic E-state index is 13.9. The Labute approximate surface area is 339 Å². The van der Waals surface area contributed by atoms with E-state index in [1.54, 1.807) is 42.3 Å². The number of halogens is 2. The van der Waals surface area contributed by atoms with E-state index in [9.17, 15) is 18.4 Å². The van der Waals surface area contributed by atoms with E-state index in [4.69, 9.17) is 9.47 Å². The zero-order valence-electron chi connectivity index (χ0n) is 32.2. The van der Waals surface area contributed by atoms with Crippen molar-refractivity contribution in [1.82, 2.24) is 29.5 Å². The Balaban J connectivity index is 1.04. The van der Waals surface area contributed by atoms with E-state index in [0.29, 0.717) is 48.6 Å². The highest BCUT2D eigenvalue weighted by molar-refractivity contribution is 5.84. The van der Waals surface area contributed by atoms with Crippen LogP contribution in [0.1, 0.15) is 27.8 Å². The molecule has 5 aromatic carbocycles. The van der Waals surface area contributed by atoms with Gasteiger partial charge >= 0.3 is 12.6 Å². The number of alkyl halides is 2. The summed E-state index contributed by atoms with van der Waals surface area (Å²) in [5.41, 5.74) is 4.88. The Kier molecular flexibility index (Phi) is 10.1. The lowest BCUT2D eigenvalue weighted by Crippen LogP contribution is -2.52. The molecule has 0 saturated carbocycles. The Hall–Kier alpha value is -6.86. The number of amides is 2. The third-order valence-electron chi connectivity index (χ3n) is 11.3. The molecule has 0 aliphatic carbocycles. The van der Waals surface area contributed by atoms with Gasteiger partial charge in [-0.2, -0.15) is 8.78 Å². The van der Waals surface area contributed by atoms with Gasteiger partial charge < -0.3 is 24.6 Å². The summed E-state index contributed by atoms with van der Waals surface area (Å²) in [5.74, 6) is 0.576. The van der Waals surface area contributed by atoms with Gasteiger partial charge in [0.05, 0.1) is 30.1 Å². The number of nitrogens with one attached hydrogen (secondary N) is 1. The molecule has 0 bridgehead atoms. The third-order valence-corrected chi connectivity index (χ3v) is 11.3. The molecule has 59 heavy (non-hydrogen) atoms. The molecule has 298 valence electrons. The van der Waals surface area contributed by atoms with Gasteiger partial charge in [0.25, 0.3) is 5.56 Å². The van der Waals surface area contributed by atoms with Crippen molar-refractivity contribution in [3.8, 4) is 16.9 Å². The molecule has 0 unspecified atom stereocenters. The number of urea groups is 1. The smallest absolute Gasteiger partial charge is 0.387 e. The van der Waals surface area contributed by atoms with E-state index < -0.39 is 12.2 Å². The monoisotopic (exact) mass is 793 g/mol. The van der Waals surface area contributed by atoms with Gasteiger partial charge in [-0.15, -0.1) is 0 Å². The number of fused-ring (bicyclic) bond motifs is 2. The van der Waals surface area contributed by atoms with E-state index in [1.807, 2.05) is 108 Å². The van der Waals surface area contributed by atoms with Gasteiger partial charge in [-0.25, -0.2) is 14.8 Å². The topological polar surface area (TPSA) is 107 Å². The van der Waals surface area contributed by atoms with Crippen LogP contribution < -0.4 is 20.5 Å². The minimum atomic E-state index is -3.06. The molecule has 2 aromatic heterocycles. The summed E-state index contributed by atoms with van der Waals surface area (Å²) in [6.07, 6.45) is 3.50. The van der Waals surface area contributed by atoms with Gasteiger partial charge in [0.1, 0.15) is 11.4 Å². The number of rotatable bonds is 12. The van der Waals surface area contributed by atoms with Crippen LogP contribution in [0.25, 0.3) is 22.0 Å². The summed E-state index contributed by atoms with van der Waals surface area (Å²) in [4.78, 5) is 38.9. The number of anilines is 1. The summed E-state index contributed by atoms with van der Waals surface area (Å²) in [5, 5.41) is 3.37. The standard InChI is InChI=1S/C46H41F2N7O4/c1-52-42(56)39-19-18-32(34-25-49-44(50-26-34)53-21-22-54-38(29-53)27-51-45(54)57)24-40(39)55(52)28-33-23-31(17-20-41(33)59-43(47)48)30-58-46(35-11-5-2-6-12-35,36-13-7-3-8-14-36)37-15-9-4-10-16-37/h2-20,23-26,38,43H,21-22,27-30H2,1H3,(H,51,57)/t38-/m0/s1. The van der Waals surface area contributed by atoms with Crippen LogP contribution in [0.5, 0.6) is 5.75 Å². The number of nitrogens with zero attached hydrogens (tertiary/aromatic N) is 6. The number of benzene rings is 5. The Bertz CT molecular complexity index is 2560. The van der Waals surface area contributed by atoms with Crippen molar-refractivity contribution in [2.24, 2.45) is 7.05 Å². The molecular formula is C46H41F2N7O4. The highest BCUT2D eigenvalue weighted by atomic mass is 19.3. The molecule has 2 aliphatic rings. The van der Waals surface area contributed by atoms with Crippen LogP contribution in [0.15, 0.2) is 145 Å². The van der Waals surface area contributed by atoms with Crippen LogP contribution in [0.4, 0.5) is 19.5 Å². The molecule has 0 radical (unpaired) electrons. The fraction of sp³-hybridized carbons (Fsp3) is 0.217. The predicted octanol–water partition coefficient (Wildman–Crippen LogP) is 7.17. The average Bonchev–Trinajstić information content (AvgIpc) is 3.76. The second kappa shape index (κ2) is 15.8. The first-order chi connectivity index (χ1) is 28.8. The molecule has 2 amide bonds. The lowest BCUT2D eigenvalue weighted by Gasteiger charge is -2.36. The largest absolute Gasteiger partial charge is 0.434 e. The fourth-order valence-corrected chi connectivity index (χ4v) is 8.34. The number of ether oxygens (including phenoxy) is 2. The number of carbonyl (C=O) groups excluding carboxylic acids is 1. The van der Waals surface area contributed by atoms with Gasteiger partial charge in [-0.3, -0.25) is 14.2 Å². The van der Waals surface area contributed by atoms with Crippen LogP contribution >= 0.6 is 0 Å². The van der Waals surface area contributed by atoms with Crippen LogP contribution in [0.3, 0.4) is 0 Å². The summed E-state index contributed by atoms with van der Waals surface area (Å²) in [6, 6.07) is 40.6. The fourth-order valence-electron chi connectivity index (χ4n) is 8.34. The quantitative estimate of drug-likeness (QED) is 0.131. The van der Waals surface area contributed by atoms with Crippen molar-refractivity contribution < 1.29 is 23.0 Å². The molecule has 9 rings (SSSR count). The van der Waals surface area contributed by atoms with Crippen molar-refractivity contribution in [1.29, 1.82) is 0 Å². The molecule has 2 fully saturated rings. The van der Waals surface area contributed by atoms with Crippen LogP contribution in [0.2, 0.25) is 0 Å². The Morgan fingerprint density at radius 1 is 0.797 bits per heavy atom. The first-order valence-corrected chi connectivity index (χ1v) is 19.5. The van der Waals surface area contributed by atoms with Crippen LogP contribution in [0, 0.1) is 0 Å². The van der Waals surface area contributed by atoms with Crippen molar-refractivity contribution in [3.63, 3.8) is 0 Å². The van der Waals surface area contributed by atoms with Gasteiger partial charge in [0.2, 0.25) is 5.95 Å². The third kappa shape index (κ3) is 7.18. The summed E-state index contributed by atoms with van der Waals surface area (Å²) < 4.78 is 43.1. The molecular weight excluding hydrogens is 753 g/mol. The molecule has 2 saturated heterocycles. The summed E-state index contributed by atoms with van der Waals surface area (Å²) in [7, 11) is 1.65. The summed E-state index contributed by atoms with van der Waals surface area (Å²) >= 11 is 0. The van der Waals surface area contributed by atoms with Crippen LogP contribution in [-0.4, -0.2) is 69.1 Å². The number of piperazine rings is 1. The predicted molar refractivity (Wildman–Crippen MR) is 220 cm³/mol.